The van der Waals surface area contributed by atoms with Gasteiger partial charge in [0.25, 0.3) is 0 Å². The van der Waals surface area contributed by atoms with Gasteiger partial charge in [-0.05, 0) is 30.3 Å². The molecule has 2 heterocycles. The minimum atomic E-state index is -0.394. The van der Waals surface area contributed by atoms with Crippen LogP contribution in [0.15, 0.2) is 42.6 Å². The molecule has 0 bridgehead atoms. The number of aliphatic hydroxyl groups is 1. The van der Waals surface area contributed by atoms with Crippen molar-refractivity contribution in [3.05, 3.63) is 47.5 Å². The van der Waals surface area contributed by atoms with Crippen molar-refractivity contribution in [3.8, 4) is 10.6 Å². The zero-order valence-electron chi connectivity index (χ0n) is 8.43. The largest absolute Gasteiger partial charge is 0.392 e. The molecule has 0 aliphatic carbocycles. The van der Waals surface area contributed by atoms with Crippen LogP contribution in [0.25, 0.3) is 16.4 Å². The summed E-state index contributed by atoms with van der Waals surface area (Å²) in [6, 6.07) is 9.12. The number of aliphatic hydroxyl groups excluding tert-OH is 1. The number of halogens is 1. The van der Waals surface area contributed by atoms with Crippen LogP contribution in [0.2, 0.25) is 0 Å². The molecule has 0 aromatic carbocycles. The molecule has 0 fully saturated rings. The SMILES string of the molecule is OC/C=C(/F)c1ccc(-c2ccccn2)s1. The van der Waals surface area contributed by atoms with Crippen LogP contribution in [0.5, 0.6) is 0 Å². The van der Waals surface area contributed by atoms with E-state index in [0.717, 1.165) is 16.6 Å². The van der Waals surface area contributed by atoms with Crippen LogP contribution in [-0.2, 0) is 0 Å². The molecule has 2 nitrogen and oxygen atoms in total. The van der Waals surface area contributed by atoms with Crippen molar-refractivity contribution >= 4 is 17.2 Å². The second-order valence-electron chi connectivity index (χ2n) is 3.11. The Balaban J connectivity index is 2.30. The number of pyridine rings is 1. The first-order chi connectivity index (χ1) is 7.81. The monoisotopic (exact) mass is 235 g/mol. The van der Waals surface area contributed by atoms with Crippen LogP contribution in [-0.4, -0.2) is 16.7 Å². The molecule has 16 heavy (non-hydrogen) atoms. The highest BCUT2D eigenvalue weighted by atomic mass is 32.1. The molecule has 0 radical (unpaired) electrons. The average Bonchev–Trinajstić information content (AvgIpc) is 2.80. The number of rotatable bonds is 3. The average molecular weight is 235 g/mol. The Hall–Kier alpha value is -1.52. The van der Waals surface area contributed by atoms with Gasteiger partial charge in [0.2, 0.25) is 0 Å². The van der Waals surface area contributed by atoms with Gasteiger partial charge in [-0.3, -0.25) is 4.98 Å². The molecule has 4 heteroatoms. The van der Waals surface area contributed by atoms with Crippen molar-refractivity contribution in [2.75, 3.05) is 6.61 Å². The molecule has 0 amide bonds. The topological polar surface area (TPSA) is 33.1 Å². The minimum absolute atomic E-state index is 0.289. The van der Waals surface area contributed by atoms with Crippen molar-refractivity contribution in [2.45, 2.75) is 0 Å². The van der Waals surface area contributed by atoms with Crippen molar-refractivity contribution in [1.29, 1.82) is 0 Å². The molecule has 0 saturated carbocycles. The van der Waals surface area contributed by atoms with Gasteiger partial charge in [-0.25, -0.2) is 4.39 Å². The Morgan fingerprint density at radius 3 is 2.94 bits per heavy atom. The Morgan fingerprint density at radius 1 is 1.38 bits per heavy atom. The molecule has 2 rings (SSSR count). The fraction of sp³-hybridized carbons (Fsp3) is 0.0833. The zero-order valence-corrected chi connectivity index (χ0v) is 9.25. The molecule has 2 aromatic rings. The van der Waals surface area contributed by atoms with Gasteiger partial charge in [-0.15, -0.1) is 11.3 Å². The number of aromatic nitrogens is 1. The standard InChI is InChI=1S/C12H10FNOS/c13-9(6-8-15)11-4-5-12(16-11)10-3-1-2-7-14-10/h1-7,15H,8H2/b9-6+. The van der Waals surface area contributed by atoms with Gasteiger partial charge in [0, 0.05) is 6.20 Å². The van der Waals surface area contributed by atoms with E-state index in [1.54, 1.807) is 12.3 Å². The summed E-state index contributed by atoms with van der Waals surface area (Å²) < 4.78 is 13.4. The molecule has 0 spiro atoms. The van der Waals surface area contributed by atoms with E-state index in [9.17, 15) is 4.39 Å². The zero-order chi connectivity index (χ0) is 11.4. The quantitative estimate of drug-likeness (QED) is 0.886. The van der Waals surface area contributed by atoms with Gasteiger partial charge in [-0.1, -0.05) is 6.07 Å². The van der Waals surface area contributed by atoms with Crippen LogP contribution in [0.1, 0.15) is 4.88 Å². The molecule has 0 saturated heterocycles. The third kappa shape index (κ3) is 2.35. The van der Waals surface area contributed by atoms with Gasteiger partial charge in [0.15, 0.2) is 0 Å². The van der Waals surface area contributed by atoms with Gasteiger partial charge in [-0.2, -0.15) is 0 Å². The highest BCUT2D eigenvalue weighted by Crippen LogP contribution is 2.31. The van der Waals surface area contributed by atoms with Crippen LogP contribution in [0.3, 0.4) is 0 Å². The predicted molar refractivity (Wildman–Crippen MR) is 63.7 cm³/mol. The van der Waals surface area contributed by atoms with E-state index in [1.807, 2.05) is 24.3 Å². The van der Waals surface area contributed by atoms with E-state index >= 15 is 0 Å². The van der Waals surface area contributed by atoms with Crippen molar-refractivity contribution < 1.29 is 9.50 Å². The number of nitrogens with zero attached hydrogens (tertiary/aromatic N) is 1. The fourth-order valence-electron chi connectivity index (χ4n) is 1.29. The van der Waals surface area contributed by atoms with Crippen molar-refractivity contribution in [1.82, 2.24) is 4.98 Å². The van der Waals surface area contributed by atoms with Crippen molar-refractivity contribution in [3.63, 3.8) is 0 Å². The summed E-state index contributed by atoms with van der Waals surface area (Å²) in [5.41, 5.74) is 0.829. The third-order valence-electron chi connectivity index (χ3n) is 2.03. The van der Waals surface area contributed by atoms with Gasteiger partial charge >= 0.3 is 0 Å². The molecular weight excluding hydrogens is 225 g/mol. The maximum atomic E-state index is 13.4. The predicted octanol–water partition coefficient (Wildman–Crippen LogP) is 3.11. The number of hydrogen-bond acceptors (Lipinski definition) is 3. The van der Waals surface area contributed by atoms with Gasteiger partial charge in [0.05, 0.1) is 22.1 Å². The summed E-state index contributed by atoms with van der Waals surface area (Å²) in [5, 5.41) is 8.60. The number of hydrogen-bond donors (Lipinski definition) is 1. The molecule has 0 unspecified atom stereocenters. The Labute approximate surface area is 96.7 Å². The molecular formula is C12H10FNOS. The van der Waals surface area contributed by atoms with E-state index in [-0.39, 0.29) is 6.61 Å². The molecule has 0 aliphatic rings. The van der Waals surface area contributed by atoms with E-state index in [4.69, 9.17) is 5.11 Å². The maximum Gasteiger partial charge on any atom is 0.138 e. The minimum Gasteiger partial charge on any atom is -0.392 e. The Morgan fingerprint density at radius 2 is 2.25 bits per heavy atom. The van der Waals surface area contributed by atoms with E-state index < -0.39 is 5.83 Å². The summed E-state index contributed by atoms with van der Waals surface area (Å²) in [6.45, 7) is -0.289. The van der Waals surface area contributed by atoms with Crippen LogP contribution >= 0.6 is 11.3 Å². The van der Waals surface area contributed by atoms with E-state index in [1.165, 1.54) is 11.3 Å². The lowest BCUT2D eigenvalue weighted by atomic mass is 10.3. The molecule has 82 valence electrons. The summed E-state index contributed by atoms with van der Waals surface area (Å²) in [7, 11) is 0. The lowest BCUT2D eigenvalue weighted by Gasteiger charge is -1.94. The molecule has 2 aromatic heterocycles. The van der Waals surface area contributed by atoms with E-state index in [2.05, 4.69) is 4.98 Å². The van der Waals surface area contributed by atoms with Crippen LogP contribution in [0.4, 0.5) is 4.39 Å². The summed E-state index contributed by atoms with van der Waals surface area (Å²) in [6.07, 6.45) is 2.85. The summed E-state index contributed by atoms with van der Waals surface area (Å²) in [4.78, 5) is 5.61. The highest BCUT2D eigenvalue weighted by molar-refractivity contribution is 7.16. The first-order valence-corrected chi connectivity index (χ1v) is 5.61. The molecule has 1 N–H and O–H groups in total. The van der Waals surface area contributed by atoms with Crippen LogP contribution in [0, 0.1) is 0 Å². The Bertz CT molecular complexity index is 493. The van der Waals surface area contributed by atoms with Crippen molar-refractivity contribution in [2.24, 2.45) is 0 Å². The van der Waals surface area contributed by atoms with E-state index in [0.29, 0.717) is 4.88 Å². The number of thiophene rings is 1. The second kappa shape index (κ2) is 5.01. The summed E-state index contributed by atoms with van der Waals surface area (Å²) in [5.74, 6) is -0.394. The molecule has 0 aliphatic heterocycles. The first-order valence-electron chi connectivity index (χ1n) is 4.79. The fourth-order valence-corrected chi connectivity index (χ4v) is 2.21. The summed E-state index contributed by atoms with van der Waals surface area (Å²) >= 11 is 1.32. The third-order valence-corrected chi connectivity index (χ3v) is 3.15. The second-order valence-corrected chi connectivity index (χ2v) is 4.20. The first kappa shape index (κ1) is 11.0. The lowest BCUT2D eigenvalue weighted by molar-refractivity contribution is 0.342. The Kier molecular flexibility index (Phi) is 3.44. The lowest BCUT2D eigenvalue weighted by Crippen LogP contribution is -1.76. The normalized spacial score (nSPS) is 11.8. The van der Waals surface area contributed by atoms with Crippen LogP contribution < -0.4 is 0 Å². The maximum absolute atomic E-state index is 13.4. The van der Waals surface area contributed by atoms with Gasteiger partial charge < -0.3 is 5.11 Å². The smallest absolute Gasteiger partial charge is 0.138 e. The highest BCUT2D eigenvalue weighted by Gasteiger charge is 2.06. The van der Waals surface area contributed by atoms with Gasteiger partial charge in [0.1, 0.15) is 5.83 Å². The molecule has 0 atom stereocenters.